The Hall–Kier alpha value is -4.38. The monoisotopic (exact) mass is 545 g/mol. The molecule has 210 valence electrons. The summed E-state index contributed by atoms with van der Waals surface area (Å²) in [4.78, 5) is 17.5. The van der Waals surface area contributed by atoms with Crippen molar-refractivity contribution in [2.45, 2.75) is 52.5 Å². The van der Waals surface area contributed by atoms with Crippen molar-refractivity contribution >= 4 is 16.9 Å². The lowest BCUT2D eigenvalue weighted by Gasteiger charge is -2.11. The molecule has 5 heteroatoms. The quantitative estimate of drug-likeness (QED) is 0.156. The van der Waals surface area contributed by atoms with Crippen LogP contribution in [-0.4, -0.2) is 28.6 Å². The predicted octanol–water partition coefficient (Wildman–Crippen LogP) is 7.47. The number of nitrogens with zero attached hydrogens (tertiary/aromatic N) is 2. The Balaban J connectivity index is 1.08. The first-order valence-corrected chi connectivity index (χ1v) is 14.6. The standard InChI is InChI=1S/C36H39N3O2/c1-27-16-21-32(25-28(27)2)41-24-9-8-23-39-34-14-7-6-13-33(34)38-35(39)15-10-22-37-36(40)26-29-17-19-31(20-18-29)30-11-4-3-5-12-30/h3-7,11-14,16-21,25H,8-10,15,22-24,26H2,1-2H3,(H,37,40). The number of carbonyl (C=O) groups is 1. The van der Waals surface area contributed by atoms with Gasteiger partial charge in [0, 0.05) is 19.5 Å². The van der Waals surface area contributed by atoms with E-state index in [0.717, 1.165) is 60.4 Å². The Kier molecular flexibility index (Phi) is 9.48. The van der Waals surface area contributed by atoms with Crippen LogP contribution in [-0.2, 0) is 24.2 Å². The van der Waals surface area contributed by atoms with Crippen LogP contribution < -0.4 is 10.1 Å². The summed E-state index contributed by atoms with van der Waals surface area (Å²) in [6, 6.07) is 33.1. The number of ether oxygens (including phenoxy) is 1. The van der Waals surface area contributed by atoms with Gasteiger partial charge in [-0.25, -0.2) is 4.98 Å². The Morgan fingerprint density at radius 1 is 0.805 bits per heavy atom. The maximum atomic E-state index is 12.6. The third-order valence-corrected chi connectivity index (χ3v) is 7.58. The van der Waals surface area contributed by atoms with Crippen LogP contribution in [0.1, 0.15) is 41.8 Å². The number of aryl methyl sites for hydroxylation is 4. The summed E-state index contributed by atoms with van der Waals surface area (Å²) in [6.07, 6.45) is 4.04. The lowest BCUT2D eigenvalue weighted by atomic mass is 10.0. The molecule has 41 heavy (non-hydrogen) atoms. The van der Waals surface area contributed by atoms with E-state index >= 15 is 0 Å². The molecule has 5 aromatic rings. The third-order valence-electron chi connectivity index (χ3n) is 7.58. The molecule has 0 unspecified atom stereocenters. The van der Waals surface area contributed by atoms with E-state index in [0.29, 0.717) is 19.6 Å². The molecule has 0 spiro atoms. The number of hydrogen-bond acceptors (Lipinski definition) is 3. The maximum absolute atomic E-state index is 12.6. The summed E-state index contributed by atoms with van der Waals surface area (Å²) in [5.41, 5.74) is 8.09. The highest BCUT2D eigenvalue weighted by Gasteiger charge is 2.11. The van der Waals surface area contributed by atoms with Gasteiger partial charge in [-0.1, -0.05) is 72.8 Å². The second kappa shape index (κ2) is 13.8. The molecule has 5 rings (SSSR count). The fourth-order valence-electron chi connectivity index (χ4n) is 5.10. The zero-order valence-corrected chi connectivity index (χ0v) is 24.1. The molecule has 1 aromatic heterocycles. The molecule has 0 saturated carbocycles. The predicted molar refractivity (Wildman–Crippen MR) is 167 cm³/mol. The molecular formula is C36H39N3O2. The molecule has 0 aliphatic rings. The molecule has 1 amide bonds. The first-order chi connectivity index (χ1) is 20.1. The van der Waals surface area contributed by atoms with Gasteiger partial charge >= 0.3 is 0 Å². The lowest BCUT2D eigenvalue weighted by Crippen LogP contribution is -2.26. The number of fused-ring (bicyclic) bond motifs is 1. The topological polar surface area (TPSA) is 56.1 Å². The van der Waals surface area contributed by atoms with Crippen molar-refractivity contribution in [1.29, 1.82) is 0 Å². The Labute approximate surface area is 243 Å². The van der Waals surface area contributed by atoms with Gasteiger partial charge in [-0.3, -0.25) is 4.79 Å². The molecule has 5 nitrogen and oxygen atoms in total. The van der Waals surface area contributed by atoms with Crippen LogP contribution in [0.3, 0.4) is 0 Å². The van der Waals surface area contributed by atoms with Gasteiger partial charge in [0.15, 0.2) is 0 Å². The average molecular weight is 546 g/mol. The zero-order chi connectivity index (χ0) is 28.4. The van der Waals surface area contributed by atoms with Gasteiger partial charge in [0.1, 0.15) is 11.6 Å². The minimum atomic E-state index is 0.0507. The van der Waals surface area contributed by atoms with Gasteiger partial charge in [0.2, 0.25) is 5.91 Å². The van der Waals surface area contributed by atoms with Crippen molar-refractivity contribution in [2.24, 2.45) is 0 Å². The number of unbranched alkanes of at least 4 members (excludes halogenated alkanes) is 1. The minimum absolute atomic E-state index is 0.0507. The van der Waals surface area contributed by atoms with E-state index in [9.17, 15) is 4.79 Å². The van der Waals surface area contributed by atoms with E-state index in [-0.39, 0.29) is 5.91 Å². The number of benzene rings is 4. The fourth-order valence-corrected chi connectivity index (χ4v) is 5.10. The highest BCUT2D eigenvalue weighted by molar-refractivity contribution is 5.79. The Bertz CT molecular complexity index is 1570. The summed E-state index contributed by atoms with van der Waals surface area (Å²) in [6.45, 7) is 6.47. The van der Waals surface area contributed by atoms with Crippen LogP contribution in [0.5, 0.6) is 5.75 Å². The number of amides is 1. The van der Waals surface area contributed by atoms with E-state index in [1.54, 1.807) is 0 Å². The lowest BCUT2D eigenvalue weighted by molar-refractivity contribution is -0.120. The van der Waals surface area contributed by atoms with Crippen molar-refractivity contribution in [3.05, 3.63) is 120 Å². The average Bonchev–Trinajstić information content (AvgIpc) is 3.35. The summed E-state index contributed by atoms with van der Waals surface area (Å²) >= 11 is 0. The van der Waals surface area contributed by atoms with Crippen LogP contribution in [0.15, 0.2) is 97.1 Å². The minimum Gasteiger partial charge on any atom is -0.494 e. The van der Waals surface area contributed by atoms with Gasteiger partial charge in [-0.15, -0.1) is 0 Å². The zero-order valence-electron chi connectivity index (χ0n) is 24.1. The number of hydrogen-bond donors (Lipinski definition) is 1. The molecule has 1 heterocycles. The molecule has 0 bridgehead atoms. The third kappa shape index (κ3) is 7.63. The SMILES string of the molecule is Cc1ccc(OCCCCn2c(CCCNC(=O)Cc3ccc(-c4ccccc4)cc3)nc3ccccc32)cc1C. The first-order valence-electron chi connectivity index (χ1n) is 14.6. The van der Waals surface area contributed by atoms with Gasteiger partial charge in [-0.2, -0.15) is 0 Å². The first kappa shape index (κ1) is 28.2. The summed E-state index contributed by atoms with van der Waals surface area (Å²) in [5.74, 6) is 2.06. The van der Waals surface area contributed by atoms with Crippen molar-refractivity contribution in [1.82, 2.24) is 14.9 Å². The van der Waals surface area contributed by atoms with Gasteiger partial charge < -0.3 is 14.6 Å². The van der Waals surface area contributed by atoms with E-state index < -0.39 is 0 Å². The van der Waals surface area contributed by atoms with E-state index in [4.69, 9.17) is 9.72 Å². The normalized spacial score (nSPS) is 11.1. The Morgan fingerprint density at radius 2 is 1.56 bits per heavy atom. The smallest absolute Gasteiger partial charge is 0.224 e. The van der Waals surface area contributed by atoms with Gasteiger partial charge in [0.05, 0.1) is 24.1 Å². The van der Waals surface area contributed by atoms with Crippen molar-refractivity contribution in [2.75, 3.05) is 13.2 Å². The number of para-hydroxylation sites is 2. The number of carbonyl (C=O) groups excluding carboxylic acids is 1. The number of imidazole rings is 1. The molecule has 0 radical (unpaired) electrons. The van der Waals surface area contributed by atoms with Crippen molar-refractivity contribution in [3.8, 4) is 16.9 Å². The molecule has 1 N–H and O–H groups in total. The van der Waals surface area contributed by atoms with Crippen molar-refractivity contribution in [3.63, 3.8) is 0 Å². The van der Waals surface area contributed by atoms with E-state index in [1.165, 1.54) is 22.2 Å². The summed E-state index contributed by atoms with van der Waals surface area (Å²) in [7, 11) is 0. The Morgan fingerprint density at radius 3 is 2.37 bits per heavy atom. The maximum Gasteiger partial charge on any atom is 0.224 e. The van der Waals surface area contributed by atoms with Crippen LogP contribution in [0.4, 0.5) is 0 Å². The van der Waals surface area contributed by atoms with E-state index in [2.05, 4.69) is 78.3 Å². The van der Waals surface area contributed by atoms with E-state index in [1.807, 2.05) is 42.5 Å². The van der Waals surface area contributed by atoms with Crippen LogP contribution >= 0.6 is 0 Å². The molecule has 4 aromatic carbocycles. The number of rotatable bonds is 13. The highest BCUT2D eigenvalue weighted by Crippen LogP contribution is 2.21. The van der Waals surface area contributed by atoms with Crippen molar-refractivity contribution < 1.29 is 9.53 Å². The summed E-state index contributed by atoms with van der Waals surface area (Å²) in [5, 5.41) is 3.09. The van der Waals surface area contributed by atoms with Crippen LogP contribution in [0.2, 0.25) is 0 Å². The molecular weight excluding hydrogens is 506 g/mol. The van der Waals surface area contributed by atoms with Crippen LogP contribution in [0.25, 0.3) is 22.2 Å². The van der Waals surface area contributed by atoms with Gasteiger partial charge in [-0.05, 0) is 85.2 Å². The van der Waals surface area contributed by atoms with Crippen LogP contribution in [0, 0.1) is 13.8 Å². The number of nitrogens with one attached hydrogen (secondary N) is 1. The molecule has 0 atom stereocenters. The second-order valence-corrected chi connectivity index (χ2v) is 10.7. The van der Waals surface area contributed by atoms with Gasteiger partial charge in [0.25, 0.3) is 0 Å². The molecule has 0 saturated heterocycles. The summed E-state index contributed by atoms with van der Waals surface area (Å²) < 4.78 is 8.32. The second-order valence-electron chi connectivity index (χ2n) is 10.7. The molecule has 0 aliphatic heterocycles. The molecule has 0 fully saturated rings. The number of aromatic nitrogens is 2. The molecule has 0 aliphatic carbocycles. The highest BCUT2D eigenvalue weighted by atomic mass is 16.5. The largest absolute Gasteiger partial charge is 0.494 e. The fraction of sp³-hybridized carbons (Fsp3) is 0.278.